The SMILES string of the molecule is CC(Nc1cncc(-n2cnc3ccc(C(=O)NCCCN4CCOCC4)cc32)n1)c1ccccc1. The molecule has 9 nitrogen and oxygen atoms in total. The Morgan fingerprint density at radius 3 is 2.78 bits per heavy atom. The van der Waals surface area contributed by atoms with Crippen molar-refractivity contribution in [3.8, 4) is 5.82 Å². The predicted octanol–water partition coefficient (Wildman–Crippen LogP) is 3.44. The molecule has 1 unspecified atom stereocenters. The molecular formula is C27H31N7O2. The molecule has 5 rings (SSSR count). The minimum Gasteiger partial charge on any atom is -0.379 e. The van der Waals surface area contributed by atoms with Crippen LogP contribution in [0.25, 0.3) is 16.9 Å². The van der Waals surface area contributed by atoms with E-state index in [-0.39, 0.29) is 11.9 Å². The minimum atomic E-state index is -0.0928. The lowest BCUT2D eigenvalue weighted by atomic mass is 10.1. The number of hydrogen-bond acceptors (Lipinski definition) is 7. The fourth-order valence-corrected chi connectivity index (χ4v) is 4.35. The largest absolute Gasteiger partial charge is 0.379 e. The first-order chi connectivity index (χ1) is 17.7. The third-order valence-corrected chi connectivity index (χ3v) is 6.38. The van der Waals surface area contributed by atoms with Crippen LogP contribution in [-0.2, 0) is 4.74 Å². The molecule has 4 aromatic rings. The first-order valence-corrected chi connectivity index (χ1v) is 12.4. The van der Waals surface area contributed by atoms with Gasteiger partial charge in [0.2, 0.25) is 0 Å². The molecule has 1 aliphatic heterocycles. The molecule has 1 saturated heterocycles. The van der Waals surface area contributed by atoms with Gasteiger partial charge in [-0.3, -0.25) is 19.2 Å². The maximum Gasteiger partial charge on any atom is 0.251 e. The first-order valence-electron chi connectivity index (χ1n) is 12.4. The van der Waals surface area contributed by atoms with Gasteiger partial charge in [-0.15, -0.1) is 0 Å². The smallest absolute Gasteiger partial charge is 0.251 e. The van der Waals surface area contributed by atoms with Crippen LogP contribution in [0, 0.1) is 0 Å². The Balaban J connectivity index is 1.26. The van der Waals surface area contributed by atoms with E-state index in [1.165, 1.54) is 5.56 Å². The Morgan fingerprint density at radius 2 is 1.94 bits per heavy atom. The number of benzene rings is 2. The van der Waals surface area contributed by atoms with E-state index in [2.05, 4.69) is 44.6 Å². The predicted molar refractivity (Wildman–Crippen MR) is 139 cm³/mol. The number of rotatable bonds is 9. The van der Waals surface area contributed by atoms with Crippen molar-refractivity contribution >= 4 is 22.8 Å². The Bertz CT molecular complexity index is 1300. The number of anilines is 1. The summed E-state index contributed by atoms with van der Waals surface area (Å²) in [5, 5.41) is 6.45. The zero-order valence-corrected chi connectivity index (χ0v) is 20.4. The Hall–Kier alpha value is -3.82. The molecule has 0 aliphatic carbocycles. The van der Waals surface area contributed by atoms with Crippen molar-refractivity contribution in [3.05, 3.63) is 78.4 Å². The van der Waals surface area contributed by atoms with E-state index in [1.807, 2.05) is 41.0 Å². The zero-order chi connectivity index (χ0) is 24.7. The third kappa shape index (κ3) is 5.69. The van der Waals surface area contributed by atoms with Gasteiger partial charge in [-0.05, 0) is 43.7 Å². The van der Waals surface area contributed by atoms with Crippen molar-refractivity contribution in [3.63, 3.8) is 0 Å². The van der Waals surface area contributed by atoms with Crippen LogP contribution in [0.4, 0.5) is 5.82 Å². The fraction of sp³-hybridized carbons (Fsp3) is 0.333. The van der Waals surface area contributed by atoms with Crippen LogP contribution in [0.3, 0.4) is 0 Å². The van der Waals surface area contributed by atoms with Gasteiger partial charge in [-0.2, -0.15) is 0 Å². The lowest BCUT2D eigenvalue weighted by Crippen LogP contribution is -2.38. The molecule has 0 radical (unpaired) electrons. The lowest BCUT2D eigenvalue weighted by molar-refractivity contribution is 0.0374. The molecule has 2 aromatic heterocycles. The van der Waals surface area contributed by atoms with Crippen molar-refractivity contribution in [2.45, 2.75) is 19.4 Å². The van der Waals surface area contributed by atoms with E-state index in [4.69, 9.17) is 9.72 Å². The average molecular weight is 486 g/mol. The summed E-state index contributed by atoms with van der Waals surface area (Å²) in [6, 6.07) is 15.8. The van der Waals surface area contributed by atoms with Crippen LogP contribution in [0.15, 0.2) is 67.3 Å². The van der Waals surface area contributed by atoms with E-state index in [0.29, 0.717) is 23.7 Å². The van der Waals surface area contributed by atoms with Crippen molar-refractivity contribution in [1.29, 1.82) is 0 Å². The van der Waals surface area contributed by atoms with E-state index >= 15 is 0 Å². The molecule has 1 fully saturated rings. The number of imidazole rings is 1. The summed E-state index contributed by atoms with van der Waals surface area (Å²) < 4.78 is 7.24. The van der Waals surface area contributed by atoms with Gasteiger partial charge >= 0.3 is 0 Å². The molecule has 3 heterocycles. The van der Waals surface area contributed by atoms with Gasteiger partial charge in [0.1, 0.15) is 12.1 Å². The number of carbonyl (C=O) groups is 1. The highest BCUT2D eigenvalue weighted by molar-refractivity contribution is 5.97. The standard InChI is InChI=1S/C27H31N7O2/c1-20(21-6-3-2-4-7-21)31-25-17-28-18-26(32-25)34-19-30-23-9-8-22(16-24(23)34)27(35)29-10-5-11-33-12-14-36-15-13-33/h2-4,6-9,16-20H,5,10-15H2,1H3,(H,29,35)(H,31,32). The molecule has 2 N–H and O–H groups in total. The topological polar surface area (TPSA) is 97.2 Å². The molecule has 1 aliphatic rings. The molecule has 186 valence electrons. The molecule has 0 bridgehead atoms. The summed E-state index contributed by atoms with van der Waals surface area (Å²) in [7, 11) is 0. The number of hydrogen-bond donors (Lipinski definition) is 2. The van der Waals surface area contributed by atoms with Crippen molar-refractivity contribution in [2.75, 3.05) is 44.7 Å². The number of carbonyl (C=O) groups excluding carboxylic acids is 1. The highest BCUT2D eigenvalue weighted by atomic mass is 16.5. The third-order valence-electron chi connectivity index (χ3n) is 6.38. The molecular weight excluding hydrogens is 454 g/mol. The Morgan fingerprint density at radius 1 is 1.11 bits per heavy atom. The molecule has 2 aromatic carbocycles. The molecule has 1 amide bonds. The number of aromatic nitrogens is 4. The second-order valence-electron chi connectivity index (χ2n) is 8.92. The Labute approximate surface area is 210 Å². The quantitative estimate of drug-likeness (QED) is 0.351. The van der Waals surface area contributed by atoms with Crippen molar-refractivity contribution < 1.29 is 9.53 Å². The van der Waals surface area contributed by atoms with Crippen LogP contribution in [0.2, 0.25) is 0 Å². The molecule has 1 atom stereocenters. The van der Waals surface area contributed by atoms with Gasteiger partial charge in [-0.1, -0.05) is 30.3 Å². The highest BCUT2D eigenvalue weighted by Gasteiger charge is 2.13. The fourth-order valence-electron chi connectivity index (χ4n) is 4.35. The minimum absolute atomic E-state index is 0.0776. The summed E-state index contributed by atoms with van der Waals surface area (Å²) in [6.07, 6.45) is 6.02. The maximum atomic E-state index is 12.8. The Kier molecular flexibility index (Phi) is 7.49. The second-order valence-corrected chi connectivity index (χ2v) is 8.92. The summed E-state index contributed by atoms with van der Waals surface area (Å²) in [5.41, 5.74) is 3.35. The van der Waals surface area contributed by atoms with Gasteiger partial charge in [0, 0.05) is 31.2 Å². The van der Waals surface area contributed by atoms with Crippen LogP contribution >= 0.6 is 0 Å². The van der Waals surface area contributed by atoms with Gasteiger partial charge in [0.05, 0.1) is 36.6 Å². The number of ether oxygens (including phenoxy) is 1. The number of amides is 1. The second kappa shape index (κ2) is 11.3. The van der Waals surface area contributed by atoms with Crippen LogP contribution in [-0.4, -0.2) is 69.7 Å². The monoisotopic (exact) mass is 485 g/mol. The van der Waals surface area contributed by atoms with E-state index in [9.17, 15) is 4.79 Å². The summed E-state index contributed by atoms with van der Waals surface area (Å²) in [6.45, 7) is 7.17. The van der Waals surface area contributed by atoms with E-state index in [1.54, 1.807) is 18.7 Å². The van der Waals surface area contributed by atoms with Crippen LogP contribution in [0.1, 0.15) is 35.3 Å². The normalized spacial score (nSPS) is 15.0. The molecule has 0 spiro atoms. The van der Waals surface area contributed by atoms with Gasteiger partial charge in [0.15, 0.2) is 5.82 Å². The van der Waals surface area contributed by atoms with Crippen molar-refractivity contribution in [2.24, 2.45) is 0 Å². The summed E-state index contributed by atoms with van der Waals surface area (Å²) in [5.74, 6) is 1.20. The van der Waals surface area contributed by atoms with Gasteiger partial charge < -0.3 is 15.4 Å². The van der Waals surface area contributed by atoms with E-state index in [0.717, 1.165) is 50.3 Å². The number of fused-ring (bicyclic) bond motifs is 1. The number of nitrogens with one attached hydrogen (secondary N) is 2. The first kappa shape index (κ1) is 23.9. The zero-order valence-electron chi connectivity index (χ0n) is 20.4. The number of morpholine rings is 1. The van der Waals surface area contributed by atoms with E-state index < -0.39 is 0 Å². The number of nitrogens with zero attached hydrogens (tertiary/aromatic N) is 5. The maximum absolute atomic E-state index is 12.8. The molecule has 36 heavy (non-hydrogen) atoms. The average Bonchev–Trinajstić information content (AvgIpc) is 3.35. The van der Waals surface area contributed by atoms with Crippen LogP contribution in [0.5, 0.6) is 0 Å². The molecule has 9 heteroatoms. The van der Waals surface area contributed by atoms with Gasteiger partial charge in [-0.25, -0.2) is 9.97 Å². The lowest BCUT2D eigenvalue weighted by Gasteiger charge is -2.26. The van der Waals surface area contributed by atoms with Gasteiger partial charge in [0.25, 0.3) is 5.91 Å². The summed E-state index contributed by atoms with van der Waals surface area (Å²) in [4.78, 5) is 28.8. The molecule has 0 saturated carbocycles. The summed E-state index contributed by atoms with van der Waals surface area (Å²) >= 11 is 0. The van der Waals surface area contributed by atoms with Crippen molar-refractivity contribution in [1.82, 2.24) is 29.7 Å². The highest BCUT2D eigenvalue weighted by Crippen LogP contribution is 2.21. The van der Waals surface area contributed by atoms with Crippen LogP contribution < -0.4 is 10.6 Å².